The highest BCUT2D eigenvalue weighted by atomic mass is 16.5. The number of nitrogens with two attached hydrogens (primary N) is 2. The molecule has 1 amide bonds. The first-order valence-corrected chi connectivity index (χ1v) is 12.9. The molecule has 4 N–H and O–H groups in total. The van der Waals surface area contributed by atoms with Gasteiger partial charge >= 0.3 is 0 Å². The summed E-state index contributed by atoms with van der Waals surface area (Å²) in [5, 5.41) is 2.07. The average Bonchev–Trinajstić information content (AvgIpc) is 3.21. The van der Waals surface area contributed by atoms with Gasteiger partial charge in [-0.3, -0.25) is 9.79 Å². The van der Waals surface area contributed by atoms with Crippen LogP contribution >= 0.6 is 0 Å². The largest absolute Gasteiger partial charge is 0.370 e. The van der Waals surface area contributed by atoms with Crippen molar-refractivity contribution in [2.45, 2.75) is 50.2 Å². The van der Waals surface area contributed by atoms with Gasteiger partial charge < -0.3 is 21.1 Å². The number of amides is 1. The van der Waals surface area contributed by atoms with E-state index < -0.39 is 0 Å². The van der Waals surface area contributed by atoms with Crippen LogP contribution in [0.5, 0.6) is 0 Å². The average molecular weight is 473 g/mol. The summed E-state index contributed by atoms with van der Waals surface area (Å²) in [4.78, 5) is 20.2. The molecule has 0 radical (unpaired) electrons. The molecule has 6 heteroatoms. The van der Waals surface area contributed by atoms with E-state index in [0.717, 1.165) is 54.9 Å². The predicted molar refractivity (Wildman–Crippen MR) is 141 cm³/mol. The van der Waals surface area contributed by atoms with Crippen molar-refractivity contribution >= 4 is 22.6 Å². The van der Waals surface area contributed by atoms with Gasteiger partial charge in [0.25, 0.3) is 5.91 Å². The SMILES string of the molecule is NC(N)=NCCCCN(CC12CC=CCC1C1CC=CCC1O2)C(=O)c1cccc2ccccc12. The first-order chi connectivity index (χ1) is 17.1. The molecule has 35 heavy (non-hydrogen) atoms. The minimum absolute atomic E-state index is 0.0721. The Labute approximate surface area is 207 Å². The second-order valence-electron chi connectivity index (χ2n) is 10.1. The third-order valence-electron chi connectivity index (χ3n) is 7.92. The molecule has 2 aromatic carbocycles. The van der Waals surface area contributed by atoms with Crippen LogP contribution in [0.2, 0.25) is 0 Å². The highest BCUT2D eigenvalue weighted by molar-refractivity contribution is 6.07. The molecular formula is C29H36N4O2. The molecule has 4 unspecified atom stereocenters. The standard InChI is InChI=1S/C29H36N4O2/c30-28(31)32-18-7-8-19-33(27(34)23-14-9-11-21-10-1-2-12-22(21)23)20-29-17-6-5-15-25(29)24-13-3-4-16-26(24)35-29/h1-6,9-12,14,24-26H,7-8,13,15-20H2,(H4,30,31,32). The number of ether oxygens (including phenoxy) is 1. The Morgan fingerprint density at radius 3 is 2.69 bits per heavy atom. The number of guanidine groups is 1. The third-order valence-corrected chi connectivity index (χ3v) is 7.92. The van der Waals surface area contributed by atoms with Gasteiger partial charge in [-0.2, -0.15) is 0 Å². The molecule has 1 saturated heterocycles. The smallest absolute Gasteiger partial charge is 0.254 e. The number of carbonyl (C=O) groups is 1. The quantitative estimate of drug-likeness (QED) is 0.258. The van der Waals surface area contributed by atoms with E-state index in [9.17, 15) is 4.79 Å². The Hall–Kier alpha value is -3.12. The number of nitrogens with zero attached hydrogens (tertiary/aromatic N) is 2. The van der Waals surface area contributed by atoms with Crippen LogP contribution in [-0.2, 0) is 4.74 Å². The maximum atomic E-state index is 14.1. The first kappa shape index (κ1) is 23.6. The Morgan fingerprint density at radius 2 is 1.80 bits per heavy atom. The van der Waals surface area contributed by atoms with Crippen molar-refractivity contribution in [3.05, 3.63) is 72.3 Å². The maximum Gasteiger partial charge on any atom is 0.254 e. The van der Waals surface area contributed by atoms with E-state index in [2.05, 4.69) is 41.4 Å². The van der Waals surface area contributed by atoms with E-state index in [0.29, 0.717) is 31.5 Å². The number of benzene rings is 2. The van der Waals surface area contributed by atoms with Crippen molar-refractivity contribution in [3.8, 4) is 0 Å². The minimum Gasteiger partial charge on any atom is -0.370 e. The van der Waals surface area contributed by atoms with Crippen LogP contribution < -0.4 is 11.5 Å². The van der Waals surface area contributed by atoms with Gasteiger partial charge in [0.05, 0.1) is 18.2 Å². The number of aliphatic imine (C=N–C) groups is 1. The lowest BCUT2D eigenvalue weighted by Crippen LogP contribution is -2.50. The molecule has 0 saturated carbocycles. The van der Waals surface area contributed by atoms with E-state index in [1.807, 2.05) is 35.2 Å². The van der Waals surface area contributed by atoms with Crippen molar-refractivity contribution in [2.24, 2.45) is 28.3 Å². The Balaban J connectivity index is 1.42. The Bertz CT molecular complexity index is 1150. The molecule has 2 aromatic rings. The van der Waals surface area contributed by atoms with Gasteiger partial charge in [-0.05, 0) is 67.2 Å². The van der Waals surface area contributed by atoms with E-state index in [1.165, 1.54) is 0 Å². The number of unbranched alkanes of at least 4 members (excludes halogenated alkanes) is 1. The number of allylic oxidation sites excluding steroid dienone is 2. The molecule has 0 spiro atoms. The molecule has 0 bridgehead atoms. The summed E-state index contributed by atoms with van der Waals surface area (Å²) in [6.45, 7) is 1.83. The summed E-state index contributed by atoms with van der Waals surface area (Å²) in [6, 6.07) is 14.1. The third kappa shape index (κ3) is 4.85. The first-order valence-electron chi connectivity index (χ1n) is 12.9. The van der Waals surface area contributed by atoms with Gasteiger partial charge in [0.1, 0.15) is 0 Å². The molecule has 1 fully saturated rings. The normalized spacial score (nSPS) is 26.8. The summed E-state index contributed by atoms with van der Waals surface area (Å²) in [5.41, 5.74) is 11.4. The number of fused-ring (bicyclic) bond motifs is 4. The summed E-state index contributed by atoms with van der Waals surface area (Å²) in [5.74, 6) is 1.15. The van der Waals surface area contributed by atoms with E-state index in [-0.39, 0.29) is 23.6 Å². The lowest BCUT2D eigenvalue weighted by Gasteiger charge is -2.41. The zero-order valence-corrected chi connectivity index (χ0v) is 20.3. The molecule has 184 valence electrons. The molecule has 4 atom stereocenters. The molecular weight excluding hydrogens is 436 g/mol. The lowest BCUT2D eigenvalue weighted by molar-refractivity contribution is -0.0732. The van der Waals surface area contributed by atoms with Crippen molar-refractivity contribution in [3.63, 3.8) is 0 Å². The zero-order valence-electron chi connectivity index (χ0n) is 20.3. The predicted octanol–water partition coefficient (Wildman–Crippen LogP) is 4.41. The van der Waals surface area contributed by atoms with Gasteiger partial charge in [0.2, 0.25) is 0 Å². The summed E-state index contributed by atoms with van der Waals surface area (Å²) in [7, 11) is 0. The van der Waals surface area contributed by atoms with Gasteiger partial charge in [-0.1, -0.05) is 60.7 Å². The zero-order chi connectivity index (χ0) is 24.3. The second kappa shape index (κ2) is 10.2. The summed E-state index contributed by atoms with van der Waals surface area (Å²) in [6.07, 6.45) is 14.9. The van der Waals surface area contributed by atoms with Gasteiger partial charge in [-0.25, -0.2) is 0 Å². The maximum absolute atomic E-state index is 14.1. The number of carbonyl (C=O) groups excluding carboxylic acids is 1. The fourth-order valence-electron chi connectivity index (χ4n) is 6.26. The topological polar surface area (TPSA) is 93.9 Å². The van der Waals surface area contributed by atoms with Crippen molar-refractivity contribution in [1.82, 2.24) is 4.90 Å². The molecule has 3 aliphatic rings. The summed E-state index contributed by atoms with van der Waals surface area (Å²) < 4.78 is 6.87. The van der Waals surface area contributed by atoms with Crippen LogP contribution in [-0.4, -0.2) is 48.1 Å². The number of rotatable bonds is 8. The molecule has 1 heterocycles. The molecule has 6 nitrogen and oxygen atoms in total. The van der Waals surface area contributed by atoms with Gasteiger partial charge in [-0.15, -0.1) is 0 Å². The van der Waals surface area contributed by atoms with Crippen LogP contribution in [0.1, 0.15) is 48.9 Å². The van der Waals surface area contributed by atoms with E-state index in [4.69, 9.17) is 16.2 Å². The molecule has 5 rings (SSSR count). The second-order valence-corrected chi connectivity index (χ2v) is 10.1. The highest BCUT2D eigenvalue weighted by Gasteiger charge is 2.55. The van der Waals surface area contributed by atoms with Crippen LogP contribution in [0.15, 0.2) is 71.8 Å². The Morgan fingerprint density at radius 1 is 1.00 bits per heavy atom. The molecule has 2 aliphatic carbocycles. The van der Waals surface area contributed by atoms with Crippen LogP contribution in [0.25, 0.3) is 10.8 Å². The monoisotopic (exact) mass is 472 g/mol. The van der Waals surface area contributed by atoms with Crippen LogP contribution in [0.3, 0.4) is 0 Å². The minimum atomic E-state index is -0.323. The number of hydrogen-bond acceptors (Lipinski definition) is 3. The highest BCUT2D eigenvalue weighted by Crippen LogP contribution is 2.51. The number of hydrogen-bond donors (Lipinski definition) is 2. The Kier molecular flexibility index (Phi) is 6.91. The van der Waals surface area contributed by atoms with Gasteiger partial charge in [0, 0.05) is 18.7 Å². The molecule has 0 aromatic heterocycles. The van der Waals surface area contributed by atoms with E-state index >= 15 is 0 Å². The van der Waals surface area contributed by atoms with Crippen LogP contribution in [0.4, 0.5) is 0 Å². The lowest BCUT2D eigenvalue weighted by atomic mass is 9.70. The van der Waals surface area contributed by atoms with Crippen molar-refractivity contribution < 1.29 is 9.53 Å². The van der Waals surface area contributed by atoms with Crippen molar-refractivity contribution in [1.29, 1.82) is 0 Å². The molecule has 1 aliphatic heterocycles. The van der Waals surface area contributed by atoms with Crippen molar-refractivity contribution in [2.75, 3.05) is 19.6 Å². The summed E-state index contributed by atoms with van der Waals surface area (Å²) >= 11 is 0. The van der Waals surface area contributed by atoms with Crippen LogP contribution in [0, 0.1) is 11.8 Å². The van der Waals surface area contributed by atoms with Gasteiger partial charge in [0.15, 0.2) is 5.96 Å². The fraction of sp³-hybridized carbons (Fsp3) is 0.448. The fourth-order valence-corrected chi connectivity index (χ4v) is 6.26. The van der Waals surface area contributed by atoms with E-state index in [1.54, 1.807) is 0 Å².